The molecule has 1 atom stereocenters. The number of hydrogen-bond acceptors (Lipinski definition) is 4. The third-order valence-electron chi connectivity index (χ3n) is 3.68. The zero-order chi connectivity index (χ0) is 14.5. The van der Waals surface area contributed by atoms with E-state index >= 15 is 0 Å². The van der Waals surface area contributed by atoms with Gasteiger partial charge in [0.1, 0.15) is 0 Å². The minimum Gasteiger partial charge on any atom is -0.330 e. The zero-order valence-corrected chi connectivity index (χ0v) is 11.8. The predicted molar refractivity (Wildman–Crippen MR) is 76.7 cm³/mol. The number of carbonyl (C=O) groups excluding carboxylic acids is 2. The molecule has 0 spiro atoms. The minimum absolute atomic E-state index is 0.106. The summed E-state index contributed by atoms with van der Waals surface area (Å²) in [4.78, 5) is 27.1. The van der Waals surface area contributed by atoms with Crippen LogP contribution < -0.4 is 5.73 Å². The monoisotopic (exact) mass is 275 g/mol. The van der Waals surface area contributed by atoms with Crippen LogP contribution in [0.4, 0.5) is 0 Å². The molecule has 1 aromatic carbocycles. The van der Waals surface area contributed by atoms with Gasteiger partial charge in [-0.15, -0.1) is 0 Å². The molecule has 1 heterocycles. The Labute approximate surface area is 119 Å². The van der Waals surface area contributed by atoms with Crippen molar-refractivity contribution in [2.24, 2.45) is 5.73 Å². The Hall–Kier alpha value is -1.72. The molecule has 108 valence electrons. The van der Waals surface area contributed by atoms with Crippen LogP contribution in [0.15, 0.2) is 30.3 Å². The molecule has 1 aliphatic heterocycles. The highest BCUT2D eigenvalue weighted by molar-refractivity contribution is 6.05. The second kappa shape index (κ2) is 6.63. The molecule has 1 saturated heterocycles. The molecule has 0 aliphatic carbocycles. The third-order valence-corrected chi connectivity index (χ3v) is 3.68. The molecule has 0 saturated carbocycles. The molecule has 20 heavy (non-hydrogen) atoms. The van der Waals surface area contributed by atoms with Crippen molar-refractivity contribution in [2.75, 3.05) is 20.1 Å². The van der Waals surface area contributed by atoms with Gasteiger partial charge in [-0.05, 0) is 18.5 Å². The lowest BCUT2D eigenvalue weighted by Gasteiger charge is -2.27. The second-order valence-electron chi connectivity index (χ2n) is 5.11. The lowest BCUT2D eigenvalue weighted by atomic mass is 10.1. The number of nitrogens with zero attached hydrogens (tertiary/aromatic N) is 2. The summed E-state index contributed by atoms with van der Waals surface area (Å²) in [7, 11) is 1.55. The van der Waals surface area contributed by atoms with Gasteiger partial charge >= 0.3 is 0 Å². The molecule has 1 unspecified atom stereocenters. The summed E-state index contributed by atoms with van der Waals surface area (Å²) >= 11 is 0. The van der Waals surface area contributed by atoms with E-state index in [4.69, 9.17) is 5.73 Å². The average molecular weight is 275 g/mol. The van der Waals surface area contributed by atoms with Gasteiger partial charge in [-0.1, -0.05) is 30.3 Å². The van der Waals surface area contributed by atoms with Gasteiger partial charge in [0.05, 0.1) is 12.5 Å². The molecule has 0 radical (unpaired) electrons. The van der Waals surface area contributed by atoms with E-state index in [0.717, 1.165) is 18.5 Å². The first-order valence-electron chi connectivity index (χ1n) is 6.92. The Morgan fingerprint density at radius 1 is 1.30 bits per heavy atom. The van der Waals surface area contributed by atoms with Gasteiger partial charge in [-0.3, -0.25) is 19.4 Å². The zero-order valence-electron chi connectivity index (χ0n) is 11.8. The number of amides is 2. The molecule has 1 aromatic rings. The molecule has 1 aliphatic rings. The number of likely N-dealkylation sites (N-methyl/N-ethyl adjacent to an activating group) is 1. The van der Waals surface area contributed by atoms with Gasteiger partial charge in [0.25, 0.3) is 0 Å². The topological polar surface area (TPSA) is 66.6 Å². The Balaban J connectivity index is 2.11. The maximum absolute atomic E-state index is 12.1. The second-order valence-corrected chi connectivity index (χ2v) is 5.11. The molecule has 0 aromatic heterocycles. The number of rotatable bonds is 6. The fraction of sp³-hybridized carbons (Fsp3) is 0.467. The number of likely N-dealkylation sites (tertiary alicyclic amines) is 1. The third kappa shape index (κ3) is 3.23. The van der Waals surface area contributed by atoms with E-state index in [1.165, 1.54) is 4.90 Å². The summed E-state index contributed by atoms with van der Waals surface area (Å²) in [6.07, 6.45) is 1.08. The first-order valence-corrected chi connectivity index (χ1v) is 6.92. The number of nitrogens with two attached hydrogens (primary N) is 1. The van der Waals surface area contributed by atoms with Gasteiger partial charge < -0.3 is 5.73 Å². The van der Waals surface area contributed by atoms with Crippen molar-refractivity contribution in [2.45, 2.75) is 25.4 Å². The molecule has 5 heteroatoms. The van der Waals surface area contributed by atoms with Crippen LogP contribution in [0.5, 0.6) is 0 Å². The van der Waals surface area contributed by atoms with Gasteiger partial charge in [0.2, 0.25) is 11.8 Å². The van der Waals surface area contributed by atoms with Gasteiger partial charge in [-0.25, -0.2) is 0 Å². The fourth-order valence-corrected chi connectivity index (χ4v) is 2.48. The summed E-state index contributed by atoms with van der Waals surface area (Å²) in [5, 5.41) is 0. The Bertz CT molecular complexity index is 475. The first-order chi connectivity index (χ1) is 9.63. The van der Waals surface area contributed by atoms with Crippen LogP contribution >= 0.6 is 0 Å². The van der Waals surface area contributed by atoms with Crippen LogP contribution in [0.3, 0.4) is 0 Å². The quantitative estimate of drug-likeness (QED) is 0.772. The van der Waals surface area contributed by atoms with Crippen molar-refractivity contribution in [1.29, 1.82) is 0 Å². The highest BCUT2D eigenvalue weighted by Crippen LogP contribution is 2.19. The van der Waals surface area contributed by atoms with Crippen molar-refractivity contribution in [1.82, 2.24) is 9.80 Å². The minimum atomic E-state index is -0.348. The molecule has 1 fully saturated rings. The Morgan fingerprint density at radius 3 is 2.55 bits per heavy atom. The van der Waals surface area contributed by atoms with E-state index in [-0.39, 0.29) is 24.3 Å². The SMILES string of the molecule is CN1C(=O)CC(N(CCCN)Cc2ccccc2)C1=O. The normalized spacial score (nSPS) is 19.1. The van der Waals surface area contributed by atoms with Crippen molar-refractivity contribution < 1.29 is 9.59 Å². The first kappa shape index (κ1) is 14.7. The fourth-order valence-electron chi connectivity index (χ4n) is 2.48. The maximum atomic E-state index is 12.1. The van der Waals surface area contributed by atoms with Crippen LogP contribution in [0, 0.1) is 0 Å². The van der Waals surface area contributed by atoms with Crippen molar-refractivity contribution in [3.8, 4) is 0 Å². The van der Waals surface area contributed by atoms with E-state index < -0.39 is 0 Å². The molecule has 5 nitrogen and oxygen atoms in total. The molecule has 0 bridgehead atoms. The largest absolute Gasteiger partial charge is 0.330 e. The highest BCUT2D eigenvalue weighted by Gasteiger charge is 2.39. The van der Waals surface area contributed by atoms with Gasteiger partial charge in [0.15, 0.2) is 0 Å². The lowest BCUT2D eigenvalue weighted by Crippen LogP contribution is -2.41. The number of imide groups is 1. The van der Waals surface area contributed by atoms with Crippen LogP contribution in [-0.4, -0.2) is 47.8 Å². The van der Waals surface area contributed by atoms with Crippen LogP contribution in [-0.2, 0) is 16.1 Å². The van der Waals surface area contributed by atoms with Gasteiger partial charge in [0, 0.05) is 20.1 Å². The van der Waals surface area contributed by atoms with E-state index in [2.05, 4.69) is 4.90 Å². The Morgan fingerprint density at radius 2 is 2.00 bits per heavy atom. The average Bonchev–Trinajstić information content (AvgIpc) is 2.72. The van der Waals surface area contributed by atoms with E-state index in [0.29, 0.717) is 13.1 Å². The van der Waals surface area contributed by atoms with Crippen LogP contribution in [0.2, 0.25) is 0 Å². The molecular formula is C15H21N3O2. The summed E-state index contributed by atoms with van der Waals surface area (Å²) in [6, 6.07) is 9.63. The van der Waals surface area contributed by atoms with E-state index in [1.54, 1.807) is 7.05 Å². The molecule has 2 amide bonds. The summed E-state index contributed by atoms with van der Waals surface area (Å²) in [5.74, 6) is -0.214. The molecule has 2 rings (SSSR count). The van der Waals surface area contributed by atoms with E-state index in [1.807, 2.05) is 30.3 Å². The maximum Gasteiger partial charge on any atom is 0.246 e. The summed E-state index contributed by atoms with van der Waals surface area (Å²) in [5.41, 5.74) is 6.71. The molecule has 2 N–H and O–H groups in total. The summed E-state index contributed by atoms with van der Waals surface area (Å²) < 4.78 is 0. The standard InChI is InChI=1S/C15H21N3O2/c1-17-14(19)10-13(15(17)20)18(9-5-8-16)11-12-6-3-2-4-7-12/h2-4,6-7,13H,5,8-11,16H2,1H3. The van der Waals surface area contributed by atoms with Crippen LogP contribution in [0.1, 0.15) is 18.4 Å². The van der Waals surface area contributed by atoms with E-state index in [9.17, 15) is 9.59 Å². The number of hydrogen-bond donors (Lipinski definition) is 1. The smallest absolute Gasteiger partial charge is 0.246 e. The highest BCUT2D eigenvalue weighted by atomic mass is 16.2. The van der Waals surface area contributed by atoms with Crippen molar-refractivity contribution >= 4 is 11.8 Å². The van der Waals surface area contributed by atoms with Crippen molar-refractivity contribution in [3.05, 3.63) is 35.9 Å². The van der Waals surface area contributed by atoms with Crippen LogP contribution in [0.25, 0.3) is 0 Å². The van der Waals surface area contributed by atoms with Crippen molar-refractivity contribution in [3.63, 3.8) is 0 Å². The predicted octanol–water partition coefficient (Wildman–Crippen LogP) is 0.595. The molecular weight excluding hydrogens is 254 g/mol. The number of carbonyl (C=O) groups is 2. The Kier molecular flexibility index (Phi) is 4.87. The summed E-state index contributed by atoms with van der Waals surface area (Å²) in [6.45, 7) is 1.97. The number of benzene rings is 1. The van der Waals surface area contributed by atoms with Gasteiger partial charge in [-0.2, -0.15) is 0 Å². The lowest BCUT2D eigenvalue weighted by molar-refractivity contribution is -0.138.